The Morgan fingerprint density at radius 2 is 2.24 bits per heavy atom. The Hall–Kier alpha value is -2.24. The second-order valence-electron chi connectivity index (χ2n) is 3.46. The van der Waals surface area contributed by atoms with Gasteiger partial charge in [0.1, 0.15) is 17.2 Å². The van der Waals surface area contributed by atoms with Crippen LogP contribution in [0.2, 0.25) is 0 Å². The fourth-order valence-corrected chi connectivity index (χ4v) is 1.45. The molecule has 17 heavy (non-hydrogen) atoms. The van der Waals surface area contributed by atoms with E-state index in [0.717, 1.165) is 0 Å². The quantitative estimate of drug-likeness (QED) is 0.877. The number of aromatic nitrogens is 2. The summed E-state index contributed by atoms with van der Waals surface area (Å²) in [7, 11) is 0. The number of halogens is 1. The molecule has 1 N–H and O–H groups in total. The van der Waals surface area contributed by atoms with Crippen molar-refractivity contribution >= 4 is 5.97 Å². The minimum atomic E-state index is -0.932. The zero-order valence-electron chi connectivity index (χ0n) is 8.76. The van der Waals surface area contributed by atoms with Crippen LogP contribution in [-0.2, 0) is 11.2 Å². The molecule has 0 bridgehead atoms. The van der Waals surface area contributed by atoms with E-state index in [1.807, 2.05) is 0 Å². The Labute approximate surface area is 95.8 Å². The predicted molar refractivity (Wildman–Crippen MR) is 55.6 cm³/mol. The summed E-state index contributed by atoms with van der Waals surface area (Å²) >= 11 is 0. The van der Waals surface area contributed by atoms with Crippen molar-refractivity contribution in [3.8, 4) is 11.3 Å². The van der Waals surface area contributed by atoms with Crippen molar-refractivity contribution < 1.29 is 18.9 Å². The van der Waals surface area contributed by atoms with Crippen LogP contribution >= 0.6 is 0 Å². The molecule has 2 rings (SSSR count). The Morgan fingerprint density at radius 1 is 1.41 bits per heavy atom. The number of aliphatic carboxylic acids is 1. The summed E-state index contributed by atoms with van der Waals surface area (Å²) in [6.45, 7) is 0. The van der Waals surface area contributed by atoms with Gasteiger partial charge in [0, 0.05) is 12.0 Å². The standard InChI is InChI=1S/C11H9FN2O3/c12-8-3-1-2-7(6-8)11-9(13-17-14-11)4-5-10(15)16/h1-3,6H,4-5H2,(H,15,16). The molecule has 6 heteroatoms. The summed E-state index contributed by atoms with van der Waals surface area (Å²) in [5.74, 6) is -1.33. The average molecular weight is 236 g/mol. The number of carbonyl (C=O) groups is 1. The fourth-order valence-electron chi connectivity index (χ4n) is 1.45. The van der Waals surface area contributed by atoms with Crippen molar-refractivity contribution in [3.05, 3.63) is 35.8 Å². The highest BCUT2D eigenvalue weighted by Crippen LogP contribution is 2.21. The molecule has 0 radical (unpaired) electrons. The molecule has 2 aromatic rings. The van der Waals surface area contributed by atoms with Gasteiger partial charge < -0.3 is 5.11 Å². The average Bonchev–Trinajstić information content (AvgIpc) is 2.74. The Kier molecular flexibility index (Phi) is 3.13. The number of nitrogens with zero attached hydrogens (tertiary/aromatic N) is 2. The Morgan fingerprint density at radius 3 is 2.94 bits per heavy atom. The van der Waals surface area contributed by atoms with E-state index in [1.165, 1.54) is 12.1 Å². The topological polar surface area (TPSA) is 76.2 Å². The molecule has 0 fully saturated rings. The van der Waals surface area contributed by atoms with Crippen LogP contribution in [0.1, 0.15) is 12.1 Å². The summed E-state index contributed by atoms with van der Waals surface area (Å²) in [6.07, 6.45) is 0.126. The minimum absolute atomic E-state index is 0.0729. The van der Waals surface area contributed by atoms with Crippen molar-refractivity contribution in [3.63, 3.8) is 0 Å². The molecule has 0 unspecified atom stereocenters. The van der Waals surface area contributed by atoms with Crippen molar-refractivity contribution in [2.75, 3.05) is 0 Å². The maximum atomic E-state index is 13.0. The van der Waals surface area contributed by atoms with Gasteiger partial charge in [0.25, 0.3) is 0 Å². The first-order valence-electron chi connectivity index (χ1n) is 4.96. The number of hydrogen-bond donors (Lipinski definition) is 1. The molecule has 5 nitrogen and oxygen atoms in total. The first-order chi connectivity index (χ1) is 8.16. The van der Waals surface area contributed by atoms with Gasteiger partial charge in [0.05, 0.1) is 6.42 Å². The van der Waals surface area contributed by atoms with Crippen molar-refractivity contribution in [1.29, 1.82) is 0 Å². The van der Waals surface area contributed by atoms with Crippen LogP contribution in [0, 0.1) is 5.82 Å². The first-order valence-corrected chi connectivity index (χ1v) is 4.96. The Bertz CT molecular complexity index is 539. The number of carboxylic acid groups (broad SMARTS) is 1. The molecular weight excluding hydrogens is 227 g/mol. The molecule has 0 amide bonds. The van der Waals surface area contributed by atoms with Crippen LogP contribution in [0.5, 0.6) is 0 Å². The van der Waals surface area contributed by atoms with E-state index in [0.29, 0.717) is 17.0 Å². The third-order valence-corrected chi connectivity index (χ3v) is 2.23. The molecule has 1 aromatic heterocycles. The molecule has 0 aliphatic heterocycles. The van der Waals surface area contributed by atoms with Gasteiger partial charge in [0.2, 0.25) is 0 Å². The number of rotatable bonds is 4. The van der Waals surface area contributed by atoms with Crippen molar-refractivity contribution in [2.24, 2.45) is 0 Å². The largest absolute Gasteiger partial charge is 0.481 e. The molecular formula is C11H9FN2O3. The van der Waals surface area contributed by atoms with Crippen molar-refractivity contribution in [1.82, 2.24) is 10.3 Å². The summed E-state index contributed by atoms with van der Waals surface area (Å²) in [5, 5.41) is 15.9. The van der Waals surface area contributed by atoms with Gasteiger partial charge in [-0.15, -0.1) is 0 Å². The summed E-state index contributed by atoms with van der Waals surface area (Å²) in [6, 6.07) is 5.81. The van der Waals surface area contributed by atoms with Gasteiger partial charge in [0.15, 0.2) is 0 Å². The molecule has 1 heterocycles. The van der Waals surface area contributed by atoms with E-state index in [1.54, 1.807) is 12.1 Å². The van der Waals surface area contributed by atoms with Crippen LogP contribution in [0.4, 0.5) is 4.39 Å². The highest BCUT2D eigenvalue weighted by molar-refractivity contribution is 5.68. The highest BCUT2D eigenvalue weighted by Gasteiger charge is 2.13. The minimum Gasteiger partial charge on any atom is -0.481 e. The van der Waals surface area contributed by atoms with Gasteiger partial charge in [-0.3, -0.25) is 4.79 Å². The number of benzene rings is 1. The van der Waals surface area contributed by atoms with Crippen molar-refractivity contribution in [2.45, 2.75) is 12.8 Å². The molecule has 0 aliphatic rings. The SMILES string of the molecule is O=C(O)CCc1nonc1-c1cccc(F)c1. The van der Waals surface area contributed by atoms with E-state index >= 15 is 0 Å². The van der Waals surface area contributed by atoms with Crippen LogP contribution in [-0.4, -0.2) is 21.4 Å². The van der Waals surface area contributed by atoms with E-state index < -0.39 is 11.8 Å². The van der Waals surface area contributed by atoms with Gasteiger partial charge >= 0.3 is 5.97 Å². The smallest absolute Gasteiger partial charge is 0.303 e. The molecule has 0 saturated heterocycles. The monoisotopic (exact) mass is 236 g/mol. The van der Waals surface area contributed by atoms with E-state index in [9.17, 15) is 9.18 Å². The van der Waals surface area contributed by atoms with Gasteiger partial charge in [-0.2, -0.15) is 0 Å². The number of carboxylic acids is 1. The summed E-state index contributed by atoms with van der Waals surface area (Å²) < 4.78 is 17.6. The molecule has 88 valence electrons. The number of aryl methyl sites for hydroxylation is 1. The maximum absolute atomic E-state index is 13.0. The lowest BCUT2D eigenvalue weighted by atomic mass is 10.1. The van der Waals surface area contributed by atoms with Gasteiger partial charge in [-0.25, -0.2) is 9.02 Å². The first kappa shape index (κ1) is 11.3. The van der Waals surface area contributed by atoms with E-state index in [2.05, 4.69) is 14.9 Å². The van der Waals surface area contributed by atoms with Crippen LogP contribution in [0.25, 0.3) is 11.3 Å². The second kappa shape index (κ2) is 4.73. The number of hydrogen-bond acceptors (Lipinski definition) is 4. The van der Waals surface area contributed by atoms with Gasteiger partial charge in [-0.1, -0.05) is 17.3 Å². The maximum Gasteiger partial charge on any atom is 0.303 e. The molecule has 1 aromatic carbocycles. The zero-order valence-corrected chi connectivity index (χ0v) is 8.76. The van der Waals surface area contributed by atoms with Gasteiger partial charge in [-0.05, 0) is 17.3 Å². The van der Waals surface area contributed by atoms with E-state index in [4.69, 9.17) is 5.11 Å². The van der Waals surface area contributed by atoms with E-state index in [-0.39, 0.29) is 12.8 Å². The fraction of sp³-hybridized carbons (Fsp3) is 0.182. The summed E-state index contributed by atoms with van der Waals surface area (Å²) in [5.41, 5.74) is 1.32. The predicted octanol–water partition coefficient (Wildman–Crippen LogP) is 1.89. The lowest BCUT2D eigenvalue weighted by Crippen LogP contribution is -1.99. The van der Waals surface area contributed by atoms with Crippen LogP contribution in [0.3, 0.4) is 0 Å². The second-order valence-corrected chi connectivity index (χ2v) is 3.46. The Balaban J connectivity index is 2.27. The normalized spacial score (nSPS) is 10.4. The molecule has 0 atom stereocenters. The molecule has 0 aliphatic carbocycles. The lowest BCUT2D eigenvalue weighted by molar-refractivity contribution is -0.136. The highest BCUT2D eigenvalue weighted by atomic mass is 19.1. The third kappa shape index (κ3) is 2.66. The molecule has 0 saturated carbocycles. The molecule has 0 spiro atoms. The van der Waals surface area contributed by atoms with Crippen LogP contribution < -0.4 is 0 Å². The zero-order chi connectivity index (χ0) is 12.3. The summed E-state index contributed by atoms with van der Waals surface area (Å²) in [4.78, 5) is 10.5. The lowest BCUT2D eigenvalue weighted by Gasteiger charge is -1.98. The van der Waals surface area contributed by atoms with Crippen LogP contribution in [0.15, 0.2) is 28.9 Å². The third-order valence-electron chi connectivity index (χ3n) is 2.23.